The van der Waals surface area contributed by atoms with Crippen LogP contribution in [0.2, 0.25) is 0 Å². The van der Waals surface area contributed by atoms with Gasteiger partial charge in [-0.05, 0) is 25.7 Å². The highest BCUT2D eigenvalue weighted by Gasteiger charge is 2.27. The first-order valence-electron chi connectivity index (χ1n) is 25.9. The summed E-state index contributed by atoms with van der Waals surface area (Å²) in [5.41, 5.74) is 0. The van der Waals surface area contributed by atoms with Crippen LogP contribution in [-0.4, -0.2) is 74.9 Å². The van der Waals surface area contributed by atoms with Crippen molar-refractivity contribution < 1.29 is 42.1 Å². The van der Waals surface area contributed by atoms with Gasteiger partial charge in [0.2, 0.25) is 0 Å². The normalized spacial score (nSPS) is 13.5. The minimum atomic E-state index is -4.38. The topological polar surface area (TPSA) is 108 Å². The average molecular weight is 887 g/mol. The SMILES string of the molecule is CCCCCCCCCCCCC/C=C/CCC(=O)O[C@H](COC(=O)CCCCCCCCCCCCCCCCCCCCCCCC)COP(=O)(O)OCC[N+](C)(C)C. The number of phosphoric acid groups is 1. The van der Waals surface area contributed by atoms with Gasteiger partial charge in [-0.25, -0.2) is 4.57 Å². The summed E-state index contributed by atoms with van der Waals surface area (Å²) >= 11 is 0. The van der Waals surface area contributed by atoms with Gasteiger partial charge in [0.25, 0.3) is 0 Å². The van der Waals surface area contributed by atoms with Crippen LogP contribution < -0.4 is 0 Å². The standard InChI is InChI=1S/C51H100NO8P/c1-6-8-10-12-14-16-18-20-22-23-24-25-26-27-28-30-31-33-35-37-39-41-43-50(53)57-47-49(48-59-61(55,56)58-46-45-52(3,4)5)60-51(54)44-42-40-38-36-34-32-29-21-19-17-15-13-11-9-7-2/h38,40,49H,6-37,39,41-48H2,1-5H3/p+1/b40-38+/t49-/m1/s1. The summed E-state index contributed by atoms with van der Waals surface area (Å²) in [4.78, 5) is 35.5. The van der Waals surface area contributed by atoms with E-state index in [4.69, 9.17) is 18.5 Å². The summed E-state index contributed by atoms with van der Waals surface area (Å²) in [5.74, 6) is -0.840. The van der Waals surface area contributed by atoms with Crippen LogP contribution in [0.25, 0.3) is 0 Å². The van der Waals surface area contributed by atoms with Crippen molar-refractivity contribution in [2.45, 2.75) is 258 Å². The van der Waals surface area contributed by atoms with E-state index in [0.717, 1.165) is 32.1 Å². The molecule has 0 bridgehead atoms. The molecule has 1 unspecified atom stereocenters. The zero-order valence-corrected chi connectivity index (χ0v) is 41.8. The van der Waals surface area contributed by atoms with Gasteiger partial charge in [-0.3, -0.25) is 18.6 Å². The molecule has 0 radical (unpaired) electrons. The maximum atomic E-state index is 12.7. The van der Waals surface area contributed by atoms with Gasteiger partial charge in [0.15, 0.2) is 6.10 Å². The van der Waals surface area contributed by atoms with Crippen LogP contribution in [0.1, 0.15) is 251 Å². The Balaban J connectivity index is 4.19. The molecule has 0 saturated carbocycles. The molecule has 0 aromatic rings. The second-order valence-corrected chi connectivity index (χ2v) is 20.4. The Kier molecular flexibility index (Phi) is 43.1. The van der Waals surface area contributed by atoms with E-state index < -0.39 is 26.5 Å². The molecule has 0 aliphatic carbocycles. The van der Waals surface area contributed by atoms with Crippen LogP contribution in [0.4, 0.5) is 0 Å². The number of esters is 2. The quantitative estimate of drug-likeness (QED) is 0.0212. The molecule has 0 aliphatic rings. The third-order valence-corrected chi connectivity index (χ3v) is 12.5. The number of phosphoric ester groups is 1. The second kappa shape index (κ2) is 44.0. The zero-order valence-electron chi connectivity index (χ0n) is 40.9. The Labute approximate surface area is 377 Å². The van der Waals surface area contributed by atoms with Crippen molar-refractivity contribution in [3.05, 3.63) is 12.2 Å². The lowest BCUT2D eigenvalue weighted by Crippen LogP contribution is -2.37. The fourth-order valence-electron chi connectivity index (χ4n) is 7.51. The molecule has 0 heterocycles. The molecule has 362 valence electrons. The Bertz CT molecular complexity index is 1050. The van der Waals surface area contributed by atoms with Crippen molar-refractivity contribution in [2.75, 3.05) is 47.5 Å². The van der Waals surface area contributed by atoms with Crippen molar-refractivity contribution in [3.8, 4) is 0 Å². The van der Waals surface area contributed by atoms with E-state index in [1.807, 2.05) is 27.2 Å². The number of quaternary nitrogens is 1. The molecule has 0 fully saturated rings. The van der Waals surface area contributed by atoms with E-state index in [1.54, 1.807) is 0 Å². The van der Waals surface area contributed by atoms with Crippen molar-refractivity contribution in [1.29, 1.82) is 0 Å². The summed E-state index contributed by atoms with van der Waals surface area (Å²) in [5, 5.41) is 0. The Morgan fingerprint density at radius 1 is 0.492 bits per heavy atom. The molecule has 9 nitrogen and oxygen atoms in total. The summed E-state index contributed by atoms with van der Waals surface area (Å²) in [6.45, 7) is 4.43. The molecular formula is C51H101NO8P+. The molecule has 10 heteroatoms. The van der Waals surface area contributed by atoms with Gasteiger partial charge in [-0.15, -0.1) is 0 Å². The van der Waals surface area contributed by atoms with Gasteiger partial charge in [0.05, 0.1) is 27.7 Å². The Morgan fingerprint density at radius 2 is 0.869 bits per heavy atom. The van der Waals surface area contributed by atoms with E-state index >= 15 is 0 Å². The molecule has 0 saturated heterocycles. The van der Waals surface area contributed by atoms with Crippen LogP contribution in [0.15, 0.2) is 12.2 Å². The molecule has 2 atom stereocenters. The molecule has 0 aromatic carbocycles. The first-order chi connectivity index (χ1) is 29.5. The second-order valence-electron chi connectivity index (χ2n) is 18.9. The van der Waals surface area contributed by atoms with Crippen LogP contribution in [0, 0.1) is 0 Å². The summed E-state index contributed by atoms with van der Waals surface area (Å²) in [7, 11) is 1.47. The van der Waals surface area contributed by atoms with Crippen LogP contribution >= 0.6 is 7.82 Å². The maximum Gasteiger partial charge on any atom is 0.472 e. The summed E-state index contributed by atoms with van der Waals surface area (Å²) in [6, 6.07) is 0. The molecule has 0 aromatic heterocycles. The van der Waals surface area contributed by atoms with Gasteiger partial charge in [-0.1, -0.05) is 225 Å². The molecule has 0 rings (SSSR count). The van der Waals surface area contributed by atoms with Crippen LogP contribution in [-0.2, 0) is 32.7 Å². The number of hydrogen-bond acceptors (Lipinski definition) is 7. The lowest BCUT2D eigenvalue weighted by atomic mass is 10.0. The smallest absolute Gasteiger partial charge is 0.462 e. The van der Waals surface area contributed by atoms with Crippen LogP contribution in [0.3, 0.4) is 0 Å². The minimum absolute atomic E-state index is 0.0295. The number of likely N-dealkylation sites (N-methyl/N-ethyl adjacent to an activating group) is 1. The van der Waals surface area contributed by atoms with E-state index in [-0.39, 0.29) is 32.0 Å². The Hall–Kier alpha value is -1.25. The molecule has 61 heavy (non-hydrogen) atoms. The monoisotopic (exact) mass is 887 g/mol. The first kappa shape index (κ1) is 59.8. The first-order valence-corrected chi connectivity index (χ1v) is 27.4. The number of carbonyl (C=O) groups is 2. The Morgan fingerprint density at radius 3 is 1.28 bits per heavy atom. The van der Waals surface area contributed by atoms with E-state index in [1.165, 1.54) is 186 Å². The van der Waals surface area contributed by atoms with Crippen molar-refractivity contribution in [2.24, 2.45) is 0 Å². The fourth-order valence-corrected chi connectivity index (χ4v) is 8.25. The number of hydrogen-bond donors (Lipinski definition) is 1. The van der Waals surface area contributed by atoms with E-state index in [2.05, 4.69) is 19.9 Å². The van der Waals surface area contributed by atoms with Gasteiger partial charge in [0.1, 0.15) is 19.8 Å². The highest BCUT2D eigenvalue weighted by atomic mass is 31.2. The molecular weight excluding hydrogens is 786 g/mol. The number of nitrogens with zero attached hydrogens (tertiary/aromatic N) is 1. The third kappa shape index (κ3) is 48.1. The maximum absolute atomic E-state index is 12.7. The van der Waals surface area contributed by atoms with Gasteiger partial charge < -0.3 is 18.9 Å². The van der Waals surface area contributed by atoms with Crippen molar-refractivity contribution in [1.82, 2.24) is 0 Å². The number of ether oxygens (including phenoxy) is 2. The molecule has 0 amide bonds. The number of carbonyl (C=O) groups excluding carboxylic acids is 2. The van der Waals surface area contributed by atoms with Crippen molar-refractivity contribution >= 4 is 19.8 Å². The van der Waals surface area contributed by atoms with Gasteiger partial charge >= 0.3 is 19.8 Å². The van der Waals surface area contributed by atoms with Crippen molar-refractivity contribution in [3.63, 3.8) is 0 Å². The average Bonchev–Trinajstić information content (AvgIpc) is 3.21. The predicted octanol–water partition coefficient (Wildman–Crippen LogP) is 15.3. The molecule has 0 aliphatic heterocycles. The molecule has 0 spiro atoms. The molecule has 1 N–H and O–H groups in total. The highest BCUT2D eigenvalue weighted by Crippen LogP contribution is 2.43. The van der Waals surface area contributed by atoms with Gasteiger partial charge in [-0.2, -0.15) is 0 Å². The largest absolute Gasteiger partial charge is 0.472 e. The fraction of sp³-hybridized carbons (Fsp3) is 0.922. The lowest BCUT2D eigenvalue weighted by molar-refractivity contribution is -0.870. The zero-order chi connectivity index (χ0) is 45.0. The summed E-state index contributed by atoms with van der Waals surface area (Å²) in [6.07, 6.45) is 48.5. The number of allylic oxidation sites excluding steroid dienone is 2. The lowest BCUT2D eigenvalue weighted by Gasteiger charge is -2.24. The summed E-state index contributed by atoms with van der Waals surface area (Å²) < 4.78 is 34.4. The van der Waals surface area contributed by atoms with E-state index in [0.29, 0.717) is 17.4 Å². The van der Waals surface area contributed by atoms with E-state index in [9.17, 15) is 19.0 Å². The predicted molar refractivity (Wildman–Crippen MR) is 257 cm³/mol. The minimum Gasteiger partial charge on any atom is -0.462 e. The number of unbranched alkanes of at least 4 members (excludes halogenated alkanes) is 32. The van der Waals surface area contributed by atoms with Crippen LogP contribution in [0.5, 0.6) is 0 Å². The number of rotatable bonds is 48. The third-order valence-electron chi connectivity index (χ3n) is 11.6. The van der Waals surface area contributed by atoms with Gasteiger partial charge in [0, 0.05) is 12.8 Å². The highest BCUT2D eigenvalue weighted by molar-refractivity contribution is 7.47.